The third kappa shape index (κ3) is 5.79. The normalized spacial score (nSPS) is 10.7. The van der Waals surface area contributed by atoms with Crippen molar-refractivity contribution in [3.8, 4) is 0 Å². The van der Waals surface area contributed by atoms with Crippen LogP contribution in [0.4, 0.5) is 4.79 Å². The number of nitrogens with one attached hydrogen (secondary N) is 1. The summed E-state index contributed by atoms with van der Waals surface area (Å²) >= 11 is 1.65. The Kier molecular flexibility index (Phi) is 5.97. The molecule has 1 N–H and O–H groups in total. The average molecular weight is 302 g/mol. The highest BCUT2D eigenvalue weighted by molar-refractivity contribution is 7.12. The number of hydrogen-bond acceptors (Lipinski definition) is 4. The van der Waals surface area contributed by atoms with E-state index in [1.54, 1.807) is 11.3 Å². The first-order valence-electron chi connectivity index (χ1n) is 6.77. The van der Waals surface area contributed by atoms with Crippen LogP contribution in [-0.4, -0.2) is 17.6 Å². The zero-order chi connectivity index (χ0) is 14.9. The molecule has 0 atom stereocenters. The van der Waals surface area contributed by atoms with E-state index in [1.807, 2.05) is 55.6 Å². The van der Waals surface area contributed by atoms with E-state index < -0.39 is 6.09 Å². The van der Waals surface area contributed by atoms with Gasteiger partial charge in [0, 0.05) is 17.6 Å². The summed E-state index contributed by atoms with van der Waals surface area (Å²) in [7, 11) is 0. The first kappa shape index (κ1) is 15.3. The smallest absolute Gasteiger partial charge is 0.407 e. The van der Waals surface area contributed by atoms with Crippen molar-refractivity contribution in [2.24, 2.45) is 0 Å². The van der Waals surface area contributed by atoms with Crippen molar-refractivity contribution in [3.63, 3.8) is 0 Å². The van der Waals surface area contributed by atoms with Crippen LogP contribution < -0.4 is 5.32 Å². The molecule has 1 heterocycles. The Balaban J connectivity index is 1.60. The number of aryl methyl sites for hydroxylation is 1. The van der Waals surface area contributed by atoms with Crippen molar-refractivity contribution >= 4 is 23.5 Å². The fourth-order valence-corrected chi connectivity index (χ4v) is 2.37. The fraction of sp³-hybridized carbons (Fsp3) is 0.250. The van der Waals surface area contributed by atoms with Gasteiger partial charge in [0.1, 0.15) is 11.6 Å². The summed E-state index contributed by atoms with van der Waals surface area (Å²) in [6.07, 6.45) is 6.17. The van der Waals surface area contributed by atoms with E-state index in [2.05, 4.69) is 10.3 Å². The van der Waals surface area contributed by atoms with Crippen LogP contribution >= 0.6 is 11.3 Å². The standard InChI is InChI=1S/C16H18N2O2S/c1-13-11-18-15(21-13)9-5-6-10-17-16(19)20-12-14-7-3-2-4-8-14/h2-5,7-9,11H,6,10,12H2,1H3,(H,17,19). The number of carbonyl (C=O) groups is 1. The zero-order valence-corrected chi connectivity index (χ0v) is 12.7. The van der Waals surface area contributed by atoms with Gasteiger partial charge in [-0.1, -0.05) is 36.4 Å². The summed E-state index contributed by atoms with van der Waals surface area (Å²) in [5.41, 5.74) is 0.978. The third-order valence-electron chi connectivity index (χ3n) is 2.69. The number of carbonyl (C=O) groups excluding carboxylic acids is 1. The lowest BCUT2D eigenvalue weighted by Gasteiger charge is -2.05. The van der Waals surface area contributed by atoms with Crippen LogP contribution in [0.25, 0.3) is 6.08 Å². The van der Waals surface area contributed by atoms with E-state index in [9.17, 15) is 4.79 Å². The van der Waals surface area contributed by atoms with E-state index in [0.29, 0.717) is 13.2 Å². The Bertz CT molecular complexity index is 593. The van der Waals surface area contributed by atoms with Gasteiger partial charge in [-0.15, -0.1) is 11.3 Å². The van der Waals surface area contributed by atoms with E-state index >= 15 is 0 Å². The molecule has 1 amide bonds. The molecule has 2 aromatic rings. The number of thiazole rings is 1. The molecule has 1 aromatic heterocycles. The average Bonchev–Trinajstić information content (AvgIpc) is 2.91. The second kappa shape index (κ2) is 8.21. The van der Waals surface area contributed by atoms with Gasteiger partial charge in [-0.2, -0.15) is 0 Å². The fourth-order valence-electron chi connectivity index (χ4n) is 1.67. The summed E-state index contributed by atoms with van der Waals surface area (Å²) in [6.45, 7) is 2.87. The second-order valence-electron chi connectivity index (χ2n) is 4.49. The zero-order valence-electron chi connectivity index (χ0n) is 11.9. The number of aromatic nitrogens is 1. The topological polar surface area (TPSA) is 51.2 Å². The van der Waals surface area contributed by atoms with Crippen molar-refractivity contribution in [1.29, 1.82) is 0 Å². The van der Waals surface area contributed by atoms with E-state index in [-0.39, 0.29) is 0 Å². The highest BCUT2D eigenvalue weighted by Crippen LogP contribution is 2.12. The van der Waals surface area contributed by atoms with Gasteiger partial charge in [0.05, 0.1) is 0 Å². The number of amides is 1. The van der Waals surface area contributed by atoms with E-state index in [0.717, 1.165) is 17.0 Å². The van der Waals surface area contributed by atoms with Crippen LogP contribution in [0, 0.1) is 6.92 Å². The molecule has 5 heteroatoms. The van der Waals surface area contributed by atoms with Gasteiger partial charge < -0.3 is 10.1 Å². The highest BCUT2D eigenvalue weighted by Gasteiger charge is 2.00. The second-order valence-corrected chi connectivity index (χ2v) is 5.76. The number of rotatable bonds is 6. The Morgan fingerprint density at radius 2 is 2.19 bits per heavy atom. The largest absolute Gasteiger partial charge is 0.445 e. The van der Waals surface area contributed by atoms with Crippen molar-refractivity contribution in [2.45, 2.75) is 20.0 Å². The number of benzene rings is 1. The molecule has 0 radical (unpaired) electrons. The summed E-state index contributed by atoms with van der Waals surface area (Å²) in [6, 6.07) is 9.61. The van der Waals surface area contributed by atoms with Gasteiger partial charge in [0.2, 0.25) is 0 Å². The summed E-state index contributed by atoms with van der Waals surface area (Å²) in [5.74, 6) is 0. The minimum Gasteiger partial charge on any atom is -0.445 e. The van der Waals surface area contributed by atoms with Crippen LogP contribution in [-0.2, 0) is 11.3 Å². The Morgan fingerprint density at radius 3 is 2.90 bits per heavy atom. The monoisotopic (exact) mass is 302 g/mol. The molecule has 0 aliphatic rings. The predicted molar refractivity (Wildman–Crippen MR) is 85.1 cm³/mol. The first-order chi connectivity index (χ1) is 10.2. The minimum absolute atomic E-state index is 0.293. The van der Waals surface area contributed by atoms with Gasteiger partial charge in [0.25, 0.3) is 0 Å². The van der Waals surface area contributed by atoms with Gasteiger partial charge in [0.15, 0.2) is 0 Å². The van der Waals surface area contributed by atoms with E-state index in [4.69, 9.17) is 4.74 Å². The molecule has 2 rings (SSSR count). The van der Waals surface area contributed by atoms with Gasteiger partial charge in [-0.3, -0.25) is 0 Å². The molecule has 4 nitrogen and oxygen atoms in total. The van der Waals surface area contributed by atoms with Crippen molar-refractivity contribution in [2.75, 3.05) is 6.54 Å². The van der Waals surface area contributed by atoms with Crippen LogP contribution in [0.15, 0.2) is 42.6 Å². The van der Waals surface area contributed by atoms with Crippen molar-refractivity contribution in [3.05, 3.63) is 58.1 Å². The molecule has 21 heavy (non-hydrogen) atoms. The molecule has 110 valence electrons. The number of hydrogen-bond donors (Lipinski definition) is 1. The molecule has 0 bridgehead atoms. The van der Waals surface area contributed by atoms with Crippen molar-refractivity contribution in [1.82, 2.24) is 10.3 Å². The predicted octanol–water partition coefficient (Wildman–Crippen LogP) is 3.78. The Hall–Kier alpha value is -2.14. The number of nitrogens with zero attached hydrogens (tertiary/aromatic N) is 1. The van der Waals surface area contributed by atoms with Gasteiger partial charge >= 0.3 is 6.09 Å². The molecule has 0 saturated carbocycles. The van der Waals surface area contributed by atoms with Crippen LogP contribution in [0.1, 0.15) is 21.9 Å². The van der Waals surface area contributed by atoms with Gasteiger partial charge in [-0.25, -0.2) is 9.78 Å². The summed E-state index contributed by atoms with van der Waals surface area (Å²) in [5, 5.41) is 3.70. The maximum atomic E-state index is 11.5. The maximum Gasteiger partial charge on any atom is 0.407 e. The quantitative estimate of drug-likeness (QED) is 0.826. The van der Waals surface area contributed by atoms with Gasteiger partial charge in [-0.05, 0) is 25.0 Å². The van der Waals surface area contributed by atoms with Crippen LogP contribution in [0.2, 0.25) is 0 Å². The Labute approximate surface area is 128 Å². The summed E-state index contributed by atoms with van der Waals surface area (Å²) < 4.78 is 5.11. The first-order valence-corrected chi connectivity index (χ1v) is 7.59. The molecular weight excluding hydrogens is 284 g/mol. The lowest BCUT2D eigenvalue weighted by atomic mass is 10.2. The molecule has 0 saturated heterocycles. The SMILES string of the molecule is Cc1cnc(C=CCCNC(=O)OCc2ccccc2)s1. The van der Waals surface area contributed by atoms with E-state index in [1.165, 1.54) is 4.88 Å². The molecule has 0 aliphatic carbocycles. The lowest BCUT2D eigenvalue weighted by molar-refractivity contribution is 0.140. The Morgan fingerprint density at radius 1 is 1.38 bits per heavy atom. The van der Waals surface area contributed by atoms with Crippen LogP contribution in [0.5, 0.6) is 0 Å². The number of alkyl carbamates (subject to hydrolysis) is 1. The summed E-state index contributed by atoms with van der Waals surface area (Å²) in [4.78, 5) is 16.9. The van der Waals surface area contributed by atoms with Crippen molar-refractivity contribution < 1.29 is 9.53 Å². The molecule has 0 unspecified atom stereocenters. The highest BCUT2D eigenvalue weighted by atomic mass is 32.1. The molecule has 1 aromatic carbocycles. The molecule has 0 spiro atoms. The third-order valence-corrected chi connectivity index (χ3v) is 3.57. The molecule has 0 fully saturated rings. The maximum absolute atomic E-state index is 11.5. The van der Waals surface area contributed by atoms with Crippen LogP contribution in [0.3, 0.4) is 0 Å². The number of ether oxygens (including phenoxy) is 1. The molecule has 0 aliphatic heterocycles. The minimum atomic E-state index is -0.391. The lowest BCUT2D eigenvalue weighted by Crippen LogP contribution is -2.24. The molecular formula is C16H18N2O2S.